The summed E-state index contributed by atoms with van der Waals surface area (Å²) in [7, 11) is 1.71. The van der Waals surface area contributed by atoms with E-state index < -0.39 is 6.16 Å². The molecule has 0 spiro atoms. The Morgan fingerprint density at radius 2 is 1.85 bits per heavy atom. The van der Waals surface area contributed by atoms with Crippen molar-refractivity contribution in [3.63, 3.8) is 0 Å². The topological polar surface area (TPSA) is 74.9 Å². The van der Waals surface area contributed by atoms with Crippen molar-refractivity contribution in [3.05, 3.63) is 52.8 Å². The van der Waals surface area contributed by atoms with E-state index in [0.717, 1.165) is 22.5 Å². The second-order valence-electron chi connectivity index (χ2n) is 8.94. The first kappa shape index (κ1) is 26.2. The maximum Gasteiger partial charge on any atom is 0.511 e. The maximum atomic E-state index is 12.0. The number of hydrogen-bond donors (Lipinski definition) is 0. The zero-order valence-corrected chi connectivity index (χ0v) is 21.1. The Bertz CT molecular complexity index is 982. The molecule has 0 radical (unpaired) electrons. The molecule has 7 nitrogen and oxygen atoms in total. The molecule has 2 aromatic rings. The molecular weight excluding hydrogens is 418 g/mol. The van der Waals surface area contributed by atoms with E-state index in [9.17, 15) is 4.79 Å². The van der Waals surface area contributed by atoms with E-state index in [0.29, 0.717) is 18.7 Å². The van der Waals surface area contributed by atoms with Gasteiger partial charge in [0.2, 0.25) is 6.79 Å². The van der Waals surface area contributed by atoms with Crippen LogP contribution in [0.3, 0.4) is 0 Å². The molecule has 0 N–H and O–H groups in total. The van der Waals surface area contributed by atoms with Gasteiger partial charge < -0.3 is 14.2 Å². The number of carbonyl (C=O) groups is 1. The third-order valence-electron chi connectivity index (χ3n) is 5.25. The third-order valence-corrected chi connectivity index (χ3v) is 5.25. The molecule has 0 bridgehead atoms. The molecule has 180 valence electrons. The van der Waals surface area contributed by atoms with Gasteiger partial charge in [0.25, 0.3) is 0 Å². The summed E-state index contributed by atoms with van der Waals surface area (Å²) in [4.78, 5) is 16.2. The molecule has 0 amide bonds. The molecular formula is C26H37N3O4. The van der Waals surface area contributed by atoms with Gasteiger partial charge in [-0.3, -0.25) is 9.67 Å². The first-order chi connectivity index (χ1) is 15.6. The van der Waals surface area contributed by atoms with Gasteiger partial charge in [0.05, 0.1) is 5.69 Å². The van der Waals surface area contributed by atoms with Crippen LogP contribution in [-0.2, 0) is 26.2 Å². The van der Waals surface area contributed by atoms with Crippen LogP contribution in [-0.4, -0.2) is 42.1 Å². The zero-order chi connectivity index (χ0) is 24.6. The number of aliphatic imine (C=N–C) groups is 1. The van der Waals surface area contributed by atoms with Crippen molar-refractivity contribution in [1.82, 2.24) is 9.78 Å². The fourth-order valence-electron chi connectivity index (χ4n) is 3.22. The monoisotopic (exact) mass is 455 g/mol. The summed E-state index contributed by atoms with van der Waals surface area (Å²) in [5, 5.41) is 4.55. The molecule has 0 saturated carbocycles. The predicted octanol–water partition coefficient (Wildman–Crippen LogP) is 6.00. The molecule has 0 aliphatic rings. The largest absolute Gasteiger partial charge is 0.511 e. The molecule has 7 heteroatoms. The van der Waals surface area contributed by atoms with Crippen LogP contribution in [0.25, 0.3) is 11.3 Å². The Labute approximate surface area is 197 Å². The van der Waals surface area contributed by atoms with Crippen LogP contribution < -0.4 is 0 Å². The van der Waals surface area contributed by atoms with Crippen LogP contribution in [0.2, 0.25) is 0 Å². The van der Waals surface area contributed by atoms with Gasteiger partial charge in [-0.15, -0.1) is 0 Å². The van der Waals surface area contributed by atoms with Crippen LogP contribution >= 0.6 is 0 Å². The van der Waals surface area contributed by atoms with Gasteiger partial charge >= 0.3 is 6.16 Å². The molecule has 1 unspecified atom stereocenters. The fraction of sp³-hybridized carbons (Fsp3) is 0.500. The second-order valence-corrected chi connectivity index (χ2v) is 8.94. The fourth-order valence-corrected chi connectivity index (χ4v) is 3.22. The number of ether oxygens (including phenoxy) is 3. The molecule has 0 saturated heterocycles. The van der Waals surface area contributed by atoms with Crippen molar-refractivity contribution in [2.45, 2.75) is 73.0 Å². The molecule has 1 aromatic carbocycles. The SMILES string of the molecule is CCC(C)OC(=O)OCO/C(=C(/C=NC)c1ccc(C(C)(C)C)cc1)c1cc(C)nn1CC. The number of benzene rings is 1. The molecule has 33 heavy (non-hydrogen) atoms. The molecule has 1 heterocycles. The predicted molar refractivity (Wildman–Crippen MR) is 132 cm³/mol. The lowest BCUT2D eigenvalue weighted by atomic mass is 9.86. The Hall–Kier alpha value is -3.09. The number of carbonyl (C=O) groups excluding carboxylic acids is 1. The number of nitrogens with zero attached hydrogens (tertiary/aromatic N) is 3. The normalized spacial score (nSPS) is 13.6. The highest BCUT2D eigenvalue weighted by molar-refractivity contribution is 6.18. The van der Waals surface area contributed by atoms with E-state index >= 15 is 0 Å². The summed E-state index contributed by atoms with van der Waals surface area (Å²) in [6.07, 6.45) is 1.48. The number of hydrogen-bond acceptors (Lipinski definition) is 6. The van der Waals surface area contributed by atoms with E-state index in [1.54, 1.807) is 13.3 Å². The smallest absolute Gasteiger partial charge is 0.454 e. The van der Waals surface area contributed by atoms with Crippen molar-refractivity contribution in [1.29, 1.82) is 0 Å². The first-order valence-corrected chi connectivity index (χ1v) is 11.4. The highest BCUT2D eigenvalue weighted by Gasteiger charge is 2.20. The second kappa shape index (κ2) is 11.7. The van der Waals surface area contributed by atoms with Crippen molar-refractivity contribution >= 4 is 23.7 Å². The van der Waals surface area contributed by atoms with Crippen molar-refractivity contribution in [2.75, 3.05) is 13.8 Å². The molecule has 0 aliphatic carbocycles. The molecule has 1 atom stereocenters. The lowest BCUT2D eigenvalue weighted by Crippen LogP contribution is -2.17. The van der Waals surface area contributed by atoms with Gasteiger partial charge in [-0.05, 0) is 49.8 Å². The van der Waals surface area contributed by atoms with E-state index in [1.165, 1.54) is 5.56 Å². The first-order valence-electron chi connectivity index (χ1n) is 11.4. The van der Waals surface area contributed by atoms with Gasteiger partial charge in [-0.25, -0.2) is 4.79 Å². The summed E-state index contributed by atoms with van der Waals surface area (Å²) in [6.45, 7) is 14.6. The number of rotatable bonds is 9. The lowest BCUT2D eigenvalue weighted by molar-refractivity contribution is -0.0206. The summed E-state index contributed by atoms with van der Waals surface area (Å²) >= 11 is 0. The highest BCUT2D eigenvalue weighted by Crippen LogP contribution is 2.30. The van der Waals surface area contributed by atoms with Crippen molar-refractivity contribution < 1.29 is 19.0 Å². The quantitative estimate of drug-likeness (QED) is 0.200. The van der Waals surface area contributed by atoms with Gasteiger partial charge in [-0.1, -0.05) is 52.0 Å². The Morgan fingerprint density at radius 1 is 1.18 bits per heavy atom. The number of aromatic nitrogens is 2. The minimum Gasteiger partial charge on any atom is -0.454 e. The average Bonchev–Trinajstić information content (AvgIpc) is 3.15. The van der Waals surface area contributed by atoms with Crippen molar-refractivity contribution in [3.8, 4) is 0 Å². The summed E-state index contributed by atoms with van der Waals surface area (Å²) in [6, 6.07) is 10.3. The van der Waals surface area contributed by atoms with Gasteiger partial charge in [0, 0.05) is 25.4 Å². The molecule has 0 fully saturated rings. The standard InChI is InChI=1S/C26H37N3O4/c1-9-19(4)33-25(30)32-17-31-24(23-15-18(3)28-29(23)10-2)22(16-27-8)20-11-13-21(14-12-20)26(5,6)7/h11-16,19H,9-10,17H2,1-8H3/b24-22-,27-16?. The summed E-state index contributed by atoms with van der Waals surface area (Å²) in [5.41, 5.74) is 4.62. The van der Waals surface area contributed by atoms with Crippen LogP contribution in [0.4, 0.5) is 4.79 Å². The van der Waals surface area contributed by atoms with Crippen LogP contribution in [0, 0.1) is 6.92 Å². The van der Waals surface area contributed by atoms with E-state index in [4.69, 9.17) is 14.2 Å². The third kappa shape index (κ3) is 7.20. The van der Waals surface area contributed by atoms with Gasteiger partial charge in [0.1, 0.15) is 11.8 Å². The van der Waals surface area contributed by atoms with E-state index in [-0.39, 0.29) is 18.3 Å². The lowest BCUT2D eigenvalue weighted by Gasteiger charge is -2.20. The number of aryl methyl sites for hydroxylation is 2. The maximum absolute atomic E-state index is 12.0. The van der Waals surface area contributed by atoms with Crippen LogP contribution in [0.1, 0.15) is 70.5 Å². The zero-order valence-electron chi connectivity index (χ0n) is 21.1. The number of allylic oxidation sites excluding steroid dienone is 1. The van der Waals surface area contributed by atoms with E-state index in [1.807, 2.05) is 38.4 Å². The molecule has 1 aromatic heterocycles. The Kier molecular flexibility index (Phi) is 9.26. The average molecular weight is 456 g/mol. The minimum absolute atomic E-state index is 0.0440. The van der Waals surface area contributed by atoms with Gasteiger partial charge in [-0.2, -0.15) is 5.10 Å². The highest BCUT2D eigenvalue weighted by atomic mass is 16.8. The van der Waals surface area contributed by atoms with Crippen LogP contribution in [0.15, 0.2) is 35.3 Å². The van der Waals surface area contributed by atoms with Crippen molar-refractivity contribution in [2.24, 2.45) is 4.99 Å². The Morgan fingerprint density at radius 3 is 2.39 bits per heavy atom. The minimum atomic E-state index is -0.760. The van der Waals surface area contributed by atoms with Crippen LogP contribution in [0.5, 0.6) is 0 Å². The molecule has 2 rings (SSSR count). The summed E-state index contributed by atoms with van der Waals surface area (Å²) in [5.74, 6) is 0.530. The van der Waals surface area contributed by atoms with E-state index in [2.05, 4.69) is 55.1 Å². The summed E-state index contributed by atoms with van der Waals surface area (Å²) < 4.78 is 18.3. The van der Waals surface area contributed by atoms with Gasteiger partial charge in [0.15, 0.2) is 5.76 Å². The molecule has 0 aliphatic heterocycles. The Balaban J connectivity index is 2.48.